The van der Waals surface area contributed by atoms with Crippen LogP contribution in [-0.2, 0) is 6.42 Å². The van der Waals surface area contributed by atoms with E-state index in [0.29, 0.717) is 17.0 Å². The molecule has 2 aromatic heterocycles. The zero-order valence-electron chi connectivity index (χ0n) is 14.6. The van der Waals surface area contributed by atoms with E-state index in [1.165, 1.54) is 0 Å². The molecule has 0 radical (unpaired) electrons. The summed E-state index contributed by atoms with van der Waals surface area (Å²) in [7, 11) is 1.85. The summed E-state index contributed by atoms with van der Waals surface area (Å²) >= 11 is 0. The van der Waals surface area contributed by atoms with Crippen molar-refractivity contribution in [3.63, 3.8) is 0 Å². The van der Waals surface area contributed by atoms with E-state index >= 15 is 0 Å². The first-order chi connectivity index (χ1) is 12.7. The molecule has 1 saturated heterocycles. The lowest BCUT2D eigenvalue weighted by Gasteiger charge is -2.33. The smallest absolute Gasteiger partial charge is 0.253 e. The third kappa shape index (κ3) is 3.22. The van der Waals surface area contributed by atoms with Crippen LogP contribution < -0.4 is 5.32 Å². The van der Waals surface area contributed by atoms with Crippen molar-refractivity contribution in [2.45, 2.75) is 19.3 Å². The fraction of sp³-hybridized carbons (Fsp3) is 0.389. The molecule has 3 heterocycles. The topological polar surface area (TPSA) is 99.7 Å². The van der Waals surface area contributed by atoms with Crippen molar-refractivity contribution >= 4 is 22.8 Å². The number of H-pyrrole nitrogens is 1. The first-order valence-electron chi connectivity index (χ1n) is 8.82. The minimum Gasteiger partial charge on any atom is -0.372 e. The Kier molecular flexibility index (Phi) is 4.47. The number of likely N-dealkylation sites (tertiary alicyclic amines) is 1. The number of hydrogen-bond acceptors (Lipinski definition) is 6. The lowest BCUT2D eigenvalue weighted by molar-refractivity contribution is 0.0673. The Morgan fingerprint density at radius 2 is 2.12 bits per heavy atom. The van der Waals surface area contributed by atoms with Gasteiger partial charge in [0.05, 0.1) is 5.69 Å². The Hall–Kier alpha value is -3.03. The molecule has 1 aliphatic rings. The number of hydrogen-bond donors (Lipinski definition) is 2. The van der Waals surface area contributed by atoms with Crippen LogP contribution in [0.3, 0.4) is 0 Å². The van der Waals surface area contributed by atoms with Gasteiger partial charge < -0.3 is 10.2 Å². The highest BCUT2D eigenvalue weighted by molar-refractivity contribution is 5.97. The normalized spacial score (nSPS) is 17.4. The maximum atomic E-state index is 12.9. The zero-order chi connectivity index (χ0) is 17.9. The minimum atomic E-state index is 0.0487. The van der Waals surface area contributed by atoms with E-state index in [1.807, 2.05) is 24.1 Å². The van der Waals surface area contributed by atoms with Crippen molar-refractivity contribution in [3.8, 4) is 0 Å². The molecule has 0 saturated carbocycles. The van der Waals surface area contributed by atoms with Crippen LogP contribution in [-0.4, -0.2) is 56.3 Å². The number of aromatic nitrogens is 5. The molecule has 8 heteroatoms. The van der Waals surface area contributed by atoms with Crippen LogP contribution in [0.25, 0.3) is 11.0 Å². The Morgan fingerprint density at radius 3 is 3.00 bits per heavy atom. The molecular weight excluding hydrogens is 330 g/mol. The van der Waals surface area contributed by atoms with Gasteiger partial charge >= 0.3 is 0 Å². The first kappa shape index (κ1) is 16.4. The standard InChI is InChI=1S/C18H21N7O/c1-19-17-16(20-6-7-21-17)9-12-3-2-8-25(11-12)18(26)13-4-5-14-15(10-13)23-24-22-14/h4-7,10,12H,2-3,8-9,11H2,1H3,(H,19,21)(H,22,23,24). The first-order valence-corrected chi connectivity index (χ1v) is 8.82. The van der Waals surface area contributed by atoms with E-state index < -0.39 is 0 Å². The molecule has 0 spiro atoms. The van der Waals surface area contributed by atoms with Crippen molar-refractivity contribution in [2.24, 2.45) is 5.92 Å². The van der Waals surface area contributed by atoms with E-state index in [0.717, 1.165) is 49.4 Å². The van der Waals surface area contributed by atoms with Crippen LogP contribution in [0.15, 0.2) is 30.6 Å². The van der Waals surface area contributed by atoms with Crippen molar-refractivity contribution in [1.29, 1.82) is 0 Å². The Labute approximate surface area is 151 Å². The van der Waals surface area contributed by atoms with E-state index in [-0.39, 0.29) is 5.91 Å². The van der Waals surface area contributed by atoms with Gasteiger partial charge in [0, 0.05) is 38.1 Å². The molecule has 134 valence electrons. The lowest BCUT2D eigenvalue weighted by Crippen LogP contribution is -2.40. The zero-order valence-corrected chi connectivity index (χ0v) is 14.6. The Morgan fingerprint density at radius 1 is 1.27 bits per heavy atom. The van der Waals surface area contributed by atoms with Gasteiger partial charge in [0.15, 0.2) is 0 Å². The SMILES string of the molecule is CNc1nccnc1CC1CCCN(C(=O)c2ccc3n[nH]nc3c2)C1. The van der Waals surface area contributed by atoms with E-state index in [4.69, 9.17) is 0 Å². The monoisotopic (exact) mass is 351 g/mol. The van der Waals surface area contributed by atoms with Gasteiger partial charge in [0.1, 0.15) is 16.9 Å². The fourth-order valence-electron chi connectivity index (χ4n) is 3.57. The lowest BCUT2D eigenvalue weighted by atomic mass is 9.92. The highest BCUT2D eigenvalue weighted by Gasteiger charge is 2.26. The number of piperidine rings is 1. The fourth-order valence-corrected chi connectivity index (χ4v) is 3.57. The van der Waals surface area contributed by atoms with E-state index in [9.17, 15) is 4.79 Å². The summed E-state index contributed by atoms with van der Waals surface area (Å²) in [6.45, 7) is 1.51. The Balaban J connectivity index is 1.48. The number of rotatable bonds is 4. The summed E-state index contributed by atoms with van der Waals surface area (Å²) in [6, 6.07) is 5.44. The second kappa shape index (κ2) is 7.07. The molecular formula is C18H21N7O. The van der Waals surface area contributed by atoms with Gasteiger partial charge in [-0.25, -0.2) is 4.98 Å². The second-order valence-electron chi connectivity index (χ2n) is 6.59. The second-order valence-corrected chi connectivity index (χ2v) is 6.59. The highest BCUT2D eigenvalue weighted by atomic mass is 16.2. The quantitative estimate of drug-likeness (QED) is 0.744. The van der Waals surface area contributed by atoms with Crippen LogP contribution in [0.2, 0.25) is 0 Å². The Bertz CT molecular complexity index is 923. The van der Waals surface area contributed by atoms with Gasteiger partial charge in [-0.3, -0.25) is 9.78 Å². The van der Waals surface area contributed by atoms with Crippen molar-refractivity contribution in [1.82, 2.24) is 30.3 Å². The van der Waals surface area contributed by atoms with Crippen LogP contribution in [0.4, 0.5) is 5.82 Å². The van der Waals surface area contributed by atoms with Crippen LogP contribution in [0.5, 0.6) is 0 Å². The van der Waals surface area contributed by atoms with Crippen LogP contribution in [0.1, 0.15) is 28.9 Å². The maximum Gasteiger partial charge on any atom is 0.253 e. The predicted octanol–water partition coefficient (Wildman–Crippen LogP) is 1.88. The molecule has 4 rings (SSSR count). The summed E-state index contributed by atoms with van der Waals surface area (Å²) < 4.78 is 0. The molecule has 0 bridgehead atoms. The predicted molar refractivity (Wildman–Crippen MR) is 97.8 cm³/mol. The molecule has 3 aromatic rings. The average Bonchev–Trinajstić information content (AvgIpc) is 3.16. The number of nitrogens with one attached hydrogen (secondary N) is 2. The van der Waals surface area contributed by atoms with Gasteiger partial charge in [-0.1, -0.05) is 0 Å². The van der Waals surface area contributed by atoms with Gasteiger partial charge in [-0.2, -0.15) is 15.4 Å². The molecule has 2 N–H and O–H groups in total. The van der Waals surface area contributed by atoms with Crippen molar-refractivity contribution < 1.29 is 4.79 Å². The molecule has 26 heavy (non-hydrogen) atoms. The van der Waals surface area contributed by atoms with Crippen LogP contribution in [0, 0.1) is 5.92 Å². The molecule has 1 aliphatic heterocycles. The number of fused-ring (bicyclic) bond motifs is 1. The third-order valence-electron chi connectivity index (χ3n) is 4.86. The maximum absolute atomic E-state index is 12.9. The number of nitrogens with zero attached hydrogens (tertiary/aromatic N) is 5. The van der Waals surface area contributed by atoms with Crippen molar-refractivity contribution in [2.75, 3.05) is 25.5 Å². The molecule has 1 aromatic carbocycles. The summed E-state index contributed by atoms with van der Waals surface area (Å²) in [5, 5.41) is 13.8. The summed E-state index contributed by atoms with van der Waals surface area (Å²) in [4.78, 5) is 23.6. The molecule has 1 atom stereocenters. The van der Waals surface area contributed by atoms with Gasteiger partial charge in [0.2, 0.25) is 0 Å². The number of aromatic amines is 1. The number of benzene rings is 1. The molecule has 1 amide bonds. The number of amides is 1. The number of carbonyl (C=O) groups is 1. The van der Waals surface area contributed by atoms with Gasteiger partial charge in [0.25, 0.3) is 5.91 Å². The number of anilines is 1. The van der Waals surface area contributed by atoms with Gasteiger partial charge in [-0.05, 0) is 43.4 Å². The third-order valence-corrected chi connectivity index (χ3v) is 4.86. The molecule has 1 fully saturated rings. The molecule has 1 unspecified atom stereocenters. The minimum absolute atomic E-state index is 0.0487. The molecule has 0 aliphatic carbocycles. The number of carbonyl (C=O) groups excluding carboxylic acids is 1. The summed E-state index contributed by atoms with van der Waals surface area (Å²) in [5.41, 5.74) is 3.09. The summed E-state index contributed by atoms with van der Waals surface area (Å²) in [6.07, 6.45) is 6.31. The largest absolute Gasteiger partial charge is 0.372 e. The van der Waals surface area contributed by atoms with Gasteiger partial charge in [-0.15, -0.1) is 0 Å². The molecule has 8 nitrogen and oxygen atoms in total. The average molecular weight is 351 g/mol. The highest BCUT2D eigenvalue weighted by Crippen LogP contribution is 2.24. The summed E-state index contributed by atoms with van der Waals surface area (Å²) in [5.74, 6) is 1.24. The van der Waals surface area contributed by atoms with Crippen LogP contribution >= 0.6 is 0 Å². The van der Waals surface area contributed by atoms with Crippen molar-refractivity contribution in [3.05, 3.63) is 41.9 Å². The van der Waals surface area contributed by atoms with E-state index in [1.54, 1.807) is 18.5 Å². The van der Waals surface area contributed by atoms with E-state index in [2.05, 4.69) is 30.7 Å².